The van der Waals surface area contributed by atoms with Crippen molar-refractivity contribution in [3.63, 3.8) is 0 Å². The molecule has 1 aliphatic rings. The van der Waals surface area contributed by atoms with Crippen LogP contribution in [0.4, 0.5) is 0 Å². The van der Waals surface area contributed by atoms with Crippen molar-refractivity contribution in [3.05, 3.63) is 34.9 Å². The Hall–Kier alpha value is -0.570. The van der Waals surface area contributed by atoms with E-state index in [0.717, 1.165) is 18.2 Å². The van der Waals surface area contributed by atoms with Gasteiger partial charge in [0.05, 0.1) is 18.8 Å². The Kier molecular flexibility index (Phi) is 3.06. The van der Waals surface area contributed by atoms with E-state index in [1.165, 1.54) is 5.56 Å². The van der Waals surface area contributed by atoms with E-state index in [1.54, 1.807) is 0 Å². The maximum Gasteiger partial charge on any atom is 0.0672 e. The first-order chi connectivity index (χ1) is 6.75. The Bertz CT molecular complexity index is 291. The van der Waals surface area contributed by atoms with Gasteiger partial charge in [-0.1, -0.05) is 23.7 Å². The predicted molar refractivity (Wildman–Crippen MR) is 57.6 cm³/mol. The highest BCUT2D eigenvalue weighted by molar-refractivity contribution is 6.30. The van der Waals surface area contributed by atoms with Crippen LogP contribution < -0.4 is 5.32 Å². The zero-order valence-electron chi connectivity index (χ0n) is 8.16. The fraction of sp³-hybridized carbons (Fsp3) is 0.455. The van der Waals surface area contributed by atoms with Crippen LogP contribution in [0.3, 0.4) is 0 Å². The summed E-state index contributed by atoms with van der Waals surface area (Å²) in [5, 5.41) is 4.21. The molecule has 2 rings (SSSR count). The lowest BCUT2D eigenvalue weighted by molar-refractivity contribution is 0.0149. The van der Waals surface area contributed by atoms with E-state index >= 15 is 0 Å². The molecule has 1 aromatic rings. The van der Waals surface area contributed by atoms with Gasteiger partial charge < -0.3 is 10.1 Å². The number of ether oxygens (including phenoxy) is 1. The highest BCUT2D eigenvalue weighted by atomic mass is 35.5. The number of hydrogen-bond donors (Lipinski definition) is 1. The molecule has 1 heterocycles. The van der Waals surface area contributed by atoms with Gasteiger partial charge >= 0.3 is 0 Å². The van der Waals surface area contributed by atoms with Gasteiger partial charge in [-0.3, -0.25) is 0 Å². The third-order valence-corrected chi connectivity index (χ3v) is 2.72. The average molecular weight is 212 g/mol. The molecule has 2 nitrogen and oxygen atoms in total. The molecule has 1 aromatic carbocycles. The first kappa shape index (κ1) is 9.97. The largest absolute Gasteiger partial charge is 0.375 e. The van der Waals surface area contributed by atoms with Crippen LogP contribution in [0.5, 0.6) is 0 Å². The van der Waals surface area contributed by atoms with Crippen molar-refractivity contribution < 1.29 is 4.74 Å². The zero-order valence-corrected chi connectivity index (χ0v) is 8.92. The second-order valence-corrected chi connectivity index (χ2v) is 4.09. The summed E-state index contributed by atoms with van der Waals surface area (Å²) in [6, 6.07) is 8.22. The molecule has 0 amide bonds. The summed E-state index contributed by atoms with van der Waals surface area (Å²) in [4.78, 5) is 0. The van der Waals surface area contributed by atoms with Crippen LogP contribution in [0.15, 0.2) is 24.3 Å². The molecule has 0 aliphatic carbocycles. The molecule has 0 bridgehead atoms. The summed E-state index contributed by atoms with van der Waals surface area (Å²) in [7, 11) is 0. The Morgan fingerprint density at radius 1 is 1.36 bits per heavy atom. The minimum absolute atomic E-state index is 0.309. The zero-order chi connectivity index (χ0) is 9.97. The third-order valence-electron chi connectivity index (χ3n) is 2.47. The van der Waals surface area contributed by atoms with Crippen molar-refractivity contribution in [1.29, 1.82) is 0 Å². The molecule has 2 atom stereocenters. The van der Waals surface area contributed by atoms with Crippen LogP contribution >= 0.6 is 11.6 Å². The number of morpholine rings is 1. The van der Waals surface area contributed by atoms with Gasteiger partial charge in [-0.05, 0) is 24.6 Å². The fourth-order valence-corrected chi connectivity index (χ4v) is 1.72. The monoisotopic (exact) mass is 211 g/mol. The van der Waals surface area contributed by atoms with Gasteiger partial charge in [-0.15, -0.1) is 0 Å². The van der Waals surface area contributed by atoms with E-state index in [4.69, 9.17) is 16.3 Å². The molecular weight excluding hydrogens is 198 g/mol. The molecule has 3 heteroatoms. The van der Waals surface area contributed by atoms with Gasteiger partial charge in [0, 0.05) is 11.6 Å². The van der Waals surface area contributed by atoms with E-state index in [0.29, 0.717) is 12.1 Å². The lowest BCUT2D eigenvalue weighted by Gasteiger charge is -2.28. The second-order valence-electron chi connectivity index (χ2n) is 3.66. The molecule has 1 N–H and O–H groups in total. The van der Waals surface area contributed by atoms with Crippen molar-refractivity contribution in [2.24, 2.45) is 0 Å². The summed E-state index contributed by atoms with van der Waals surface area (Å²) in [5.74, 6) is 0. The van der Waals surface area contributed by atoms with Crippen LogP contribution in [0.2, 0.25) is 5.02 Å². The van der Waals surface area contributed by atoms with Gasteiger partial charge in [0.25, 0.3) is 0 Å². The first-order valence-corrected chi connectivity index (χ1v) is 5.24. The Labute approximate surface area is 89.2 Å². The summed E-state index contributed by atoms with van der Waals surface area (Å²) < 4.78 is 5.58. The Balaban J connectivity index is 2.05. The molecule has 1 fully saturated rings. The van der Waals surface area contributed by atoms with Crippen LogP contribution in [0.1, 0.15) is 18.5 Å². The summed E-state index contributed by atoms with van der Waals surface area (Å²) in [5.41, 5.74) is 1.24. The number of rotatable bonds is 1. The van der Waals surface area contributed by atoms with Crippen LogP contribution in [-0.2, 0) is 4.74 Å². The Morgan fingerprint density at radius 2 is 2.07 bits per heavy atom. The van der Waals surface area contributed by atoms with E-state index < -0.39 is 0 Å². The maximum atomic E-state index is 5.82. The van der Waals surface area contributed by atoms with E-state index in [1.807, 2.05) is 24.3 Å². The normalized spacial score (nSPS) is 27.6. The first-order valence-electron chi connectivity index (χ1n) is 4.86. The highest BCUT2D eigenvalue weighted by Crippen LogP contribution is 2.19. The van der Waals surface area contributed by atoms with Crippen molar-refractivity contribution in [2.45, 2.75) is 19.1 Å². The molecular formula is C11H14ClNO. The van der Waals surface area contributed by atoms with Gasteiger partial charge in [-0.2, -0.15) is 0 Å². The molecule has 14 heavy (non-hydrogen) atoms. The van der Waals surface area contributed by atoms with Gasteiger partial charge in [0.1, 0.15) is 0 Å². The van der Waals surface area contributed by atoms with Crippen molar-refractivity contribution in [1.82, 2.24) is 5.32 Å². The maximum absolute atomic E-state index is 5.82. The molecule has 76 valence electrons. The molecule has 0 aromatic heterocycles. The molecule has 1 saturated heterocycles. The number of nitrogens with one attached hydrogen (secondary N) is 1. The molecule has 0 radical (unpaired) electrons. The fourth-order valence-electron chi connectivity index (χ4n) is 1.60. The third kappa shape index (κ3) is 2.27. The molecule has 1 aliphatic heterocycles. The van der Waals surface area contributed by atoms with E-state index in [9.17, 15) is 0 Å². The summed E-state index contributed by atoms with van der Waals surface area (Å²) >= 11 is 5.82. The van der Waals surface area contributed by atoms with Gasteiger partial charge in [-0.25, -0.2) is 0 Å². The van der Waals surface area contributed by atoms with E-state index in [2.05, 4.69) is 12.2 Å². The van der Waals surface area contributed by atoms with Crippen molar-refractivity contribution in [2.75, 3.05) is 13.2 Å². The SMILES string of the molecule is C[C@H]1CN[C@@H](c2ccc(Cl)cc2)CO1. The van der Waals surface area contributed by atoms with Gasteiger partial charge in [0.2, 0.25) is 0 Å². The lowest BCUT2D eigenvalue weighted by atomic mass is 10.1. The lowest BCUT2D eigenvalue weighted by Crippen LogP contribution is -2.39. The molecule has 0 unspecified atom stereocenters. The topological polar surface area (TPSA) is 21.3 Å². The summed E-state index contributed by atoms with van der Waals surface area (Å²) in [6.07, 6.45) is 0.318. The smallest absolute Gasteiger partial charge is 0.0672 e. The van der Waals surface area contributed by atoms with Crippen LogP contribution in [-0.4, -0.2) is 19.3 Å². The van der Waals surface area contributed by atoms with Crippen molar-refractivity contribution >= 4 is 11.6 Å². The minimum atomic E-state index is 0.309. The standard InChI is InChI=1S/C11H14ClNO/c1-8-6-13-11(7-14-8)9-2-4-10(12)5-3-9/h2-5,8,11,13H,6-7H2,1H3/t8-,11+/m0/s1. The van der Waals surface area contributed by atoms with Crippen LogP contribution in [0.25, 0.3) is 0 Å². The minimum Gasteiger partial charge on any atom is -0.375 e. The number of hydrogen-bond acceptors (Lipinski definition) is 2. The van der Waals surface area contributed by atoms with Crippen LogP contribution in [0, 0.1) is 0 Å². The van der Waals surface area contributed by atoms with Crippen molar-refractivity contribution in [3.8, 4) is 0 Å². The quantitative estimate of drug-likeness (QED) is 0.770. The Morgan fingerprint density at radius 3 is 2.64 bits per heavy atom. The summed E-state index contributed by atoms with van der Waals surface area (Å²) in [6.45, 7) is 3.72. The number of benzene rings is 1. The van der Waals surface area contributed by atoms with E-state index in [-0.39, 0.29) is 0 Å². The molecule has 0 saturated carbocycles. The average Bonchev–Trinajstić information content (AvgIpc) is 2.21. The predicted octanol–water partition coefficient (Wildman–Crippen LogP) is 2.39. The second kappa shape index (κ2) is 4.30. The highest BCUT2D eigenvalue weighted by Gasteiger charge is 2.18. The molecule has 0 spiro atoms. The number of halogens is 1. The van der Waals surface area contributed by atoms with Gasteiger partial charge in [0.15, 0.2) is 0 Å².